The second kappa shape index (κ2) is 4.74. The van der Waals surface area contributed by atoms with Crippen molar-refractivity contribution in [1.82, 2.24) is 0 Å². The minimum atomic E-state index is -0.333. The molecule has 4 nitrogen and oxygen atoms in total. The molecule has 0 aliphatic heterocycles. The van der Waals surface area contributed by atoms with Gasteiger partial charge in [0.15, 0.2) is 0 Å². The lowest BCUT2D eigenvalue weighted by atomic mass is 10.1. The van der Waals surface area contributed by atoms with Crippen LogP contribution in [0, 0.1) is 0 Å². The number of ether oxygens (including phenoxy) is 1. The van der Waals surface area contributed by atoms with Crippen molar-refractivity contribution in [2.45, 2.75) is 13.0 Å². The molecular formula is C10H14N2O2. The van der Waals surface area contributed by atoms with Crippen LogP contribution in [-0.4, -0.2) is 12.5 Å². The molecule has 0 aromatic heterocycles. The van der Waals surface area contributed by atoms with Crippen molar-refractivity contribution in [3.63, 3.8) is 0 Å². The number of benzene rings is 1. The molecule has 1 aromatic rings. The molecule has 0 radical (unpaired) electrons. The van der Waals surface area contributed by atoms with Crippen LogP contribution in [-0.2, 0) is 4.79 Å². The van der Waals surface area contributed by atoms with Gasteiger partial charge in [-0.25, -0.2) is 0 Å². The van der Waals surface area contributed by atoms with Crippen molar-refractivity contribution >= 4 is 5.97 Å². The van der Waals surface area contributed by atoms with E-state index in [1.165, 1.54) is 6.92 Å². The van der Waals surface area contributed by atoms with Crippen molar-refractivity contribution in [2.24, 2.45) is 11.5 Å². The third-order valence-corrected chi connectivity index (χ3v) is 1.82. The van der Waals surface area contributed by atoms with Crippen LogP contribution in [0.25, 0.3) is 0 Å². The maximum absolute atomic E-state index is 10.6. The topological polar surface area (TPSA) is 78.3 Å². The minimum absolute atomic E-state index is 0.165. The second-order valence-electron chi connectivity index (χ2n) is 3.00. The normalized spacial score (nSPS) is 12.2. The van der Waals surface area contributed by atoms with Gasteiger partial charge >= 0.3 is 5.97 Å². The fourth-order valence-corrected chi connectivity index (χ4v) is 1.09. The molecule has 1 atom stereocenters. The van der Waals surface area contributed by atoms with Crippen molar-refractivity contribution in [1.29, 1.82) is 0 Å². The van der Waals surface area contributed by atoms with Crippen LogP contribution < -0.4 is 16.2 Å². The molecule has 0 aliphatic carbocycles. The molecule has 76 valence electrons. The van der Waals surface area contributed by atoms with Gasteiger partial charge in [-0.1, -0.05) is 12.1 Å². The van der Waals surface area contributed by atoms with Crippen LogP contribution in [0.5, 0.6) is 5.75 Å². The number of carbonyl (C=O) groups is 1. The first-order valence-corrected chi connectivity index (χ1v) is 4.37. The average molecular weight is 194 g/mol. The first-order chi connectivity index (χ1) is 6.63. The van der Waals surface area contributed by atoms with E-state index in [2.05, 4.69) is 0 Å². The van der Waals surface area contributed by atoms with E-state index in [0.29, 0.717) is 12.3 Å². The van der Waals surface area contributed by atoms with Crippen molar-refractivity contribution < 1.29 is 9.53 Å². The predicted molar refractivity (Wildman–Crippen MR) is 53.7 cm³/mol. The van der Waals surface area contributed by atoms with Gasteiger partial charge in [-0.15, -0.1) is 0 Å². The number of rotatable bonds is 3. The van der Waals surface area contributed by atoms with E-state index < -0.39 is 0 Å². The highest BCUT2D eigenvalue weighted by molar-refractivity contribution is 5.69. The Morgan fingerprint density at radius 1 is 1.43 bits per heavy atom. The summed E-state index contributed by atoms with van der Waals surface area (Å²) < 4.78 is 4.87. The number of hydrogen-bond acceptors (Lipinski definition) is 4. The monoisotopic (exact) mass is 194 g/mol. The zero-order chi connectivity index (χ0) is 10.6. The van der Waals surface area contributed by atoms with Gasteiger partial charge < -0.3 is 16.2 Å². The molecule has 0 saturated carbocycles. The summed E-state index contributed by atoms with van der Waals surface area (Å²) in [5, 5.41) is 0. The highest BCUT2D eigenvalue weighted by atomic mass is 16.5. The molecule has 4 heteroatoms. The van der Waals surface area contributed by atoms with Gasteiger partial charge in [-0.3, -0.25) is 4.79 Å². The Labute approximate surface area is 82.8 Å². The average Bonchev–Trinajstić information content (AvgIpc) is 2.17. The minimum Gasteiger partial charge on any atom is -0.427 e. The summed E-state index contributed by atoms with van der Waals surface area (Å²) in [6.45, 7) is 1.76. The van der Waals surface area contributed by atoms with Crippen LogP contribution in [0.15, 0.2) is 24.3 Å². The summed E-state index contributed by atoms with van der Waals surface area (Å²) in [7, 11) is 0. The van der Waals surface area contributed by atoms with Crippen molar-refractivity contribution in [3.05, 3.63) is 29.8 Å². The molecule has 14 heavy (non-hydrogen) atoms. The van der Waals surface area contributed by atoms with E-state index in [1.54, 1.807) is 24.3 Å². The Hall–Kier alpha value is -1.39. The molecule has 1 aromatic carbocycles. The quantitative estimate of drug-likeness (QED) is 0.544. The number of esters is 1. The van der Waals surface area contributed by atoms with Crippen molar-refractivity contribution in [3.8, 4) is 5.75 Å². The van der Waals surface area contributed by atoms with Gasteiger partial charge in [-0.05, 0) is 17.7 Å². The van der Waals surface area contributed by atoms with E-state index in [1.807, 2.05) is 0 Å². The largest absolute Gasteiger partial charge is 0.427 e. The summed E-state index contributed by atoms with van der Waals surface area (Å²) in [5.41, 5.74) is 12.1. The van der Waals surface area contributed by atoms with E-state index in [9.17, 15) is 4.79 Å². The molecule has 0 heterocycles. The summed E-state index contributed by atoms with van der Waals surface area (Å²) in [5.74, 6) is 0.186. The van der Waals surface area contributed by atoms with E-state index in [0.717, 1.165) is 5.56 Å². The Morgan fingerprint density at radius 3 is 2.43 bits per heavy atom. The fraction of sp³-hybridized carbons (Fsp3) is 0.300. The Balaban J connectivity index is 2.73. The number of nitrogens with two attached hydrogens (primary N) is 2. The lowest BCUT2D eigenvalue weighted by molar-refractivity contribution is -0.131. The molecule has 1 rings (SSSR count). The molecule has 0 amide bonds. The molecule has 0 bridgehead atoms. The smallest absolute Gasteiger partial charge is 0.308 e. The second-order valence-corrected chi connectivity index (χ2v) is 3.00. The third kappa shape index (κ3) is 2.83. The summed E-state index contributed by atoms with van der Waals surface area (Å²) in [6.07, 6.45) is 0. The van der Waals surface area contributed by atoms with Crippen molar-refractivity contribution in [2.75, 3.05) is 6.54 Å². The molecule has 0 spiro atoms. The molecule has 0 aliphatic rings. The lowest BCUT2D eigenvalue weighted by Gasteiger charge is -2.09. The van der Waals surface area contributed by atoms with Gasteiger partial charge in [0.25, 0.3) is 0 Å². The predicted octanol–water partition coefficient (Wildman–Crippen LogP) is 0.570. The zero-order valence-corrected chi connectivity index (χ0v) is 8.07. The maximum atomic E-state index is 10.6. The number of hydrogen-bond donors (Lipinski definition) is 2. The lowest BCUT2D eigenvalue weighted by Crippen LogP contribution is -2.20. The number of carbonyl (C=O) groups excluding carboxylic acids is 1. The van der Waals surface area contributed by atoms with Crippen LogP contribution in [0.1, 0.15) is 18.5 Å². The summed E-state index contributed by atoms with van der Waals surface area (Å²) in [4.78, 5) is 10.6. The fourth-order valence-electron chi connectivity index (χ4n) is 1.09. The standard InChI is InChI=1S/C10H14N2O2/c1-7(13)14-9-4-2-8(3-5-9)10(12)6-11/h2-5,10H,6,11-12H2,1H3. The third-order valence-electron chi connectivity index (χ3n) is 1.82. The first kappa shape index (κ1) is 10.7. The van der Waals surface area contributed by atoms with Gasteiger partial charge in [0, 0.05) is 19.5 Å². The van der Waals surface area contributed by atoms with Gasteiger partial charge in [0.1, 0.15) is 5.75 Å². The molecule has 0 saturated heterocycles. The highest BCUT2D eigenvalue weighted by Crippen LogP contribution is 2.15. The van der Waals surface area contributed by atoms with E-state index >= 15 is 0 Å². The van der Waals surface area contributed by atoms with Crippen LogP contribution >= 0.6 is 0 Å². The highest BCUT2D eigenvalue weighted by Gasteiger charge is 2.03. The molecule has 0 fully saturated rings. The molecule has 4 N–H and O–H groups in total. The Kier molecular flexibility index (Phi) is 3.62. The van der Waals surface area contributed by atoms with Crippen LogP contribution in [0.2, 0.25) is 0 Å². The Bertz CT molecular complexity index is 308. The van der Waals surface area contributed by atoms with Gasteiger partial charge in [-0.2, -0.15) is 0 Å². The van der Waals surface area contributed by atoms with E-state index in [-0.39, 0.29) is 12.0 Å². The molecular weight excluding hydrogens is 180 g/mol. The summed E-state index contributed by atoms with van der Waals surface area (Å²) >= 11 is 0. The molecule has 1 unspecified atom stereocenters. The van der Waals surface area contributed by atoms with Crippen LogP contribution in [0.3, 0.4) is 0 Å². The van der Waals surface area contributed by atoms with Gasteiger partial charge in [0.05, 0.1) is 0 Å². The van der Waals surface area contributed by atoms with Gasteiger partial charge in [0.2, 0.25) is 0 Å². The summed E-state index contributed by atoms with van der Waals surface area (Å²) in [6, 6.07) is 6.84. The van der Waals surface area contributed by atoms with Crippen LogP contribution in [0.4, 0.5) is 0 Å². The Morgan fingerprint density at radius 2 is 2.00 bits per heavy atom. The maximum Gasteiger partial charge on any atom is 0.308 e. The van der Waals surface area contributed by atoms with E-state index in [4.69, 9.17) is 16.2 Å². The SMILES string of the molecule is CC(=O)Oc1ccc(C(N)CN)cc1. The first-order valence-electron chi connectivity index (χ1n) is 4.37. The zero-order valence-electron chi connectivity index (χ0n) is 8.07.